The van der Waals surface area contributed by atoms with E-state index in [1.54, 1.807) is 12.4 Å². The third kappa shape index (κ3) is 4.80. The van der Waals surface area contributed by atoms with E-state index in [2.05, 4.69) is 22.5 Å². The summed E-state index contributed by atoms with van der Waals surface area (Å²) in [5.41, 5.74) is 2.12. The summed E-state index contributed by atoms with van der Waals surface area (Å²) >= 11 is 0. The zero-order valence-corrected chi connectivity index (χ0v) is 12.0. The Hall–Kier alpha value is -2.56. The average molecular weight is 285 g/mol. The fourth-order valence-electron chi connectivity index (χ4n) is 1.86. The van der Waals surface area contributed by atoms with Crippen LogP contribution >= 0.6 is 0 Å². The second-order valence-corrected chi connectivity index (χ2v) is 4.46. The molecular formula is C16H19N3O2. The summed E-state index contributed by atoms with van der Waals surface area (Å²) in [6, 6.07) is 11.2. The fourth-order valence-corrected chi connectivity index (χ4v) is 1.86. The number of urea groups is 1. The summed E-state index contributed by atoms with van der Waals surface area (Å²) < 4.78 is 5.57. The molecular weight excluding hydrogens is 266 g/mol. The molecule has 1 aromatic heterocycles. The minimum atomic E-state index is -0.263. The first-order valence-corrected chi connectivity index (χ1v) is 6.91. The molecule has 2 rings (SSSR count). The number of carbonyl (C=O) groups is 1. The highest BCUT2D eigenvalue weighted by molar-refractivity contribution is 5.73. The molecule has 5 heteroatoms. The van der Waals surface area contributed by atoms with Gasteiger partial charge in [0.15, 0.2) is 6.73 Å². The van der Waals surface area contributed by atoms with Gasteiger partial charge in [0.1, 0.15) is 5.75 Å². The summed E-state index contributed by atoms with van der Waals surface area (Å²) in [4.78, 5) is 15.6. The molecule has 2 amide bonds. The van der Waals surface area contributed by atoms with Gasteiger partial charge in [0, 0.05) is 18.9 Å². The van der Waals surface area contributed by atoms with Crippen molar-refractivity contribution >= 4 is 6.03 Å². The maximum atomic E-state index is 11.6. The first-order chi connectivity index (χ1) is 10.3. The van der Waals surface area contributed by atoms with E-state index in [0.29, 0.717) is 6.54 Å². The van der Waals surface area contributed by atoms with Crippen LogP contribution in [0.3, 0.4) is 0 Å². The highest BCUT2D eigenvalue weighted by Crippen LogP contribution is 2.17. The summed E-state index contributed by atoms with van der Waals surface area (Å²) in [7, 11) is 0. The van der Waals surface area contributed by atoms with Crippen molar-refractivity contribution in [3.8, 4) is 5.75 Å². The van der Waals surface area contributed by atoms with Gasteiger partial charge in [0.05, 0.1) is 0 Å². The Bertz CT molecular complexity index is 573. The number of amides is 2. The van der Waals surface area contributed by atoms with Crippen molar-refractivity contribution < 1.29 is 9.53 Å². The maximum Gasteiger partial charge on any atom is 0.317 e. The molecule has 0 aliphatic rings. The van der Waals surface area contributed by atoms with Crippen LogP contribution in [0, 0.1) is 0 Å². The predicted molar refractivity (Wildman–Crippen MR) is 80.9 cm³/mol. The van der Waals surface area contributed by atoms with Gasteiger partial charge in [-0.3, -0.25) is 4.98 Å². The largest absolute Gasteiger partial charge is 0.473 e. The smallest absolute Gasteiger partial charge is 0.317 e. The van der Waals surface area contributed by atoms with Gasteiger partial charge in [0.2, 0.25) is 0 Å². The molecule has 0 atom stereocenters. The van der Waals surface area contributed by atoms with E-state index >= 15 is 0 Å². The van der Waals surface area contributed by atoms with Crippen LogP contribution in [-0.2, 0) is 13.0 Å². The zero-order valence-electron chi connectivity index (χ0n) is 12.0. The minimum Gasteiger partial charge on any atom is -0.473 e. The number of aryl methyl sites for hydroxylation is 1. The molecule has 0 bridgehead atoms. The van der Waals surface area contributed by atoms with Gasteiger partial charge in [-0.05, 0) is 35.7 Å². The van der Waals surface area contributed by atoms with Crippen LogP contribution in [0.25, 0.3) is 0 Å². The first kappa shape index (κ1) is 14.8. The summed E-state index contributed by atoms with van der Waals surface area (Å²) in [6.45, 7) is 2.66. The number of carbonyl (C=O) groups excluding carboxylic acids is 1. The Morgan fingerprint density at radius 3 is 2.67 bits per heavy atom. The molecule has 1 heterocycles. The van der Waals surface area contributed by atoms with Crippen LogP contribution in [0.1, 0.15) is 18.1 Å². The highest BCUT2D eigenvalue weighted by atomic mass is 16.5. The van der Waals surface area contributed by atoms with Crippen LogP contribution in [0.2, 0.25) is 0 Å². The van der Waals surface area contributed by atoms with E-state index in [4.69, 9.17) is 4.74 Å². The van der Waals surface area contributed by atoms with Crippen molar-refractivity contribution in [2.75, 3.05) is 6.73 Å². The van der Waals surface area contributed by atoms with E-state index in [9.17, 15) is 4.79 Å². The predicted octanol–water partition coefficient (Wildman–Crippen LogP) is 2.48. The number of ether oxygens (including phenoxy) is 1. The topological polar surface area (TPSA) is 63.2 Å². The van der Waals surface area contributed by atoms with Crippen LogP contribution in [0.15, 0.2) is 48.8 Å². The lowest BCUT2D eigenvalue weighted by Gasteiger charge is -2.11. The fraction of sp³-hybridized carbons (Fsp3) is 0.250. The van der Waals surface area contributed by atoms with E-state index in [1.807, 2.05) is 36.4 Å². The van der Waals surface area contributed by atoms with Crippen molar-refractivity contribution in [2.45, 2.75) is 19.9 Å². The number of para-hydroxylation sites is 1. The first-order valence-electron chi connectivity index (χ1n) is 6.91. The number of nitrogens with one attached hydrogen (secondary N) is 2. The van der Waals surface area contributed by atoms with Crippen LogP contribution in [0.5, 0.6) is 5.75 Å². The number of hydrogen-bond acceptors (Lipinski definition) is 3. The Kier molecular flexibility index (Phi) is 5.58. The van der Waals surface area contributed by atoms with Gasteiger partial charge in [-0.1, -0.05) is 25.1 Å². The quantitative estimate of drug-likeness (QED) is 0.801. The van der Waals surface area contributed by atoms with Gasteiger partial charge in [0.25, 0.3) is 0 Å². The average Bonchev–Trinajstić information content (AvgIpc) is 2.54. The molecule has 0 saturated carbocycles. The van der Waals surface area contributed by atoms with Gasteiger partial charge < -0.3 is 15.4 Å². The molecule has 0 unspecified atom stereocenters. The van der Waals surface area contributed by atoms with E-state index in [-0.39, 0.29) is 12.8 Å². The number of rotatable bonds is 6. The highest BCUT2D eigenvalue weighted by Gasteiger charge is 2.02. The zero-order chi connectivity index (χ0) is 14.9. The Labute approximate surface area is 124 Å². The number of hydrogen-bond donors (Lipinski definition) is 2. The standard InChI is InChI=1S/C16H19N3O2/c1-2-14-5-3-4-6-15(14)21-12-19-16(20)18-11-13-7-9-17-10-8-13/h3-10H,2,11-12H2,1H3,(H2,18,19,20). The van der Waals surface area contributed by atoms with Crippen molar-refractivity contribution in [3.05, 3.63) is 59.9 Å². The van der Waals surface area contributed by atoms with Gasteiger partial charge >= 0.3 is 6.03 Å². The lowest BCUT2D eigenvalue weighted by Crippen LogP contribution is -2.37. The van der Waals surface area contributed by atoms with E-state index in [0.717, 1.165) is 23.3 Å². The molecule has 110 valence electrons. The van der Waals surface area contributed by atoms with Crippen molar-refractivity contribution in [3.63, 3.8) is 0 Å². The number of benzene rings is 1. The minimum absolute atomic E-state index is 0.138. The van der Waals surface area contributed by atoms with Gasteiger partial charge in [-0.2, -0.15) is 0 Å². The molecule has 2 aromatic rings. The summed E-state index contributed by atoms with van der Waals surface area (Å²) in [5, 5.41) is 5.42. The lowest BCUT2D eigenvalue weighted by molar-refractivity contribution is 0.223. The third-order valence-corrected chi connectivity index (χ3v) is 3.02. The van der Waals surface area contributed by atoms with Crippen molar-refractivity contribution in [1.29, 1.82) is 0 Å². The summed E-state index contributed by atoms with van der Waals surface area (Å²) in [6.07, 6.45) is 4.28. The lowest BCUT2D eigenvalue weighted by atomic mass is 10.1. The van der Waals surface area contributed by atoms with E-state index in [1.165, 1.54) is 0 Å². The van der Waals surface area contributed by atoms with Crippen LogP contribution in [0.4, 0.5) is 4.79 Å². The molecule has 1 aromatic carbocycles. The number of nitrogens with zero attached hydrogens (tertiary/aromatic N) is 1. The molecule has 0 radical (unpaired) electrons. The molecule has 5 nitrogen and oxygen atoms in total. The number of aromatic nitrogens is 1. The normalized spacial score (nSPS) is 9.95. The molecule has 0 fully saturated rings. The molecule has 2 N–H and O–H groups in total. The summed E-state index contributed by atoms with van der Waals surface area (Å²) in [5.74, 6) is 0.800. The van der Waals surface area contributed by atoms with Gasteiger partial charge in [-0.25, -0.2) is 4.79 Å². The molecule has 0 aliphatic carbocycles. The Morgan fingerprint density at radius 1 is 1.14 bits per heavy atom. The molecule has 0 spiro atoms. The molecule has 21 heavy (non-hydrogen) atoms. The van der Waals surface area contributed by atoms with Gasteiger partial charge in [-0.15, -0.1) is 0 Å². The van der Waals surface area contributed by atoms with Crippen molar-refractivity contribution in [2.24, 2.45) is 0 Å². The number of pyridine rings is 1. The Balaban J connectivity index is 1.72. The van der Waals surface area contributed by atoms with Crippen molar-refractivity contribution in [1.82, 2.24) is 15.6 Å². The second-order valence-electron chi connectivity index (χ2n) is 4.46. The SMILES string of the molecule is CCc1ccccc1OCNC(=O)NCc1ccncc1. The molecule has 0 saturated heterocycles. The monoisotopic (exact) mass is 285 g/mol. The Morgan fingerprint density at radius 2 is 1.90 bits per heavy atom. The second kappa shape index (κ2) is 7.89. The maximum absolute atomic E-state index is 11.6. The van der Waals surface area contributed by atoms with Crippen LogP contribution < -0.4 is 15.4 Å². The van der Waals surface area contributed by atoms with E-state index < -0.39 is 0 Å². The molecule has 0 aliphatic heterocycles. The third-order valence-electron chi connectivity index (χ3n) is 3.02. The van der Waals surface area contributed by atoms with Crippen LogP contribution in [-0.4, -0.2) is 17.7 Å².